The lowest BCUT2D eigenvalue weighted by atomic mass is 10.1. The third kappa shape index (κ3) is 4.79. The molecule has 17 heavy (non-hydrogen) atoms. The Labute approximate surface area is 93.8 Å². The average Bonchev–Trinajstić information content (AvgIpc) is 2.25. The SMILES string of the molecule is CC(C)=C(F)C(F)=CC(F)C(F)C(F)C(F)F. The van der Waals surface area contributed by atoms with Crippen molar-refractivity contribution in [1.82, 2.24) is 0 Å². The average molecular weight is 264 g/mol. The monoisotopic (exact) mass is 264 g/mol. The van der Waals surface area contributed by atoms with Crippen LogP contribution in [0, 0.1) is 0 Å². The molecule has 0 aromatic carbocycles. The van der Waals surface area contributed by atoms with Gasteiger partial charge in [0.25, 0.3) is 6.43 Å². The summed E-state index contributed by atoms with van der Waals surface area (Å²) >= 11 is 0. The predicted molar refractivity (Wildman–Crippen MR) is 49.4 cm³/mol. The van der Waals surface area contributed by atoms with Crippen LogP contribution in [0.5, 0.6) is 0 Å². The van der Waals surface area contributed by atoms with Crippen molar-refractivity contribution in [1.29, 1.82) is 0 Å². The first-order chi connectivity index (χ1) is 7.68. The molecule has 3 atom stereocenters. The van der Waals surface area contributed by atoms with Crippen LogP contribution in [-0.4, -0.2) is 24.9 Å². The van der Waals surface area contributed by atoms with Gasteiger partial charge in [0.2, 0.25) is 0 Å². The van der Waals surface area contributed by atoms with Crippen LogP contribution in [0.3, 0.4) is 0 Å². The van der Waals surface area contributed by atoms with E-state index >= 15 is 0 Å². The molecule has 0 rings (SSSR count). The molecule has 0 spiro atoms. The van der Waals surface area contributed by atoms with E-state index in [1.807, 2.05) is 0 Å². The van der Waals surface area contributed by atoms with Gasteiger partial charge in [-0.15, -0.1) is 0 Å². The topological polar surface area (TPSA) is 0 Å². The van der Waals surface area contributed by atoms with Gasteiger partial charge in [0.05, 0.1) is 0 Å². The van der Waals surface area contributed by atoms with Gasteiger partial charge in [0.1, 0.15) is 0 Å². The van der Waals surface area contributed by atoms with Crippen LogP contribution in [-0.2, 0) is 0 Å². The molecule has 0 aromatic rings. The van der Waals surface area contributed by atoms with Crippen LogP contribution < -0.4 is 0 Å². The molecule has 0 saturated carbocycles. The predicted octanol–water partition coefficient (Wildman–Crippen LogP) is 4.38. The highest BCUT2D eigenvalue weighted by Gasteiger charge is 2.35. The lowest BCUT2D eigenvalue weighted by Crippen LogP contribution is -2.32. The van der Waals surface area contributed by atoms with E-state index in [9.17, 15) is 30.7 Å². The first-order valence-corrected chi connectivity index (χ1v) is 4.59. The summed E-state index contributed by atoms with van der Waals surface area (Å²) in [7, 11) is 0. The highest BCUT2D eigenvalue weighted by Crippen LogP contribution is 2.23. The molecule has 0 nitrogen and oxygen atoms in total. The Morgan fingerprint density at radius 1 is 0.882 bits per heavy atom. The summed E-state index contributed by atoms with van der Waals surface area (Å²) in [5, 5.41) is 0. The lowest BCUT2D eigenvalue weighted by molar-refractivity contribution is -0.0150. The van der Waals surface area contributed by atoms with Crippen molar-refractivity contribution in [2.75, 3.05) is 0 Å². The maximum absolute atomic E-state index is 12.8. The van der Waals surface area contributed by atoms with Gasteiger partial charge in [-0.3, -0.25) is 0 Å². The maximum atomic E-state index is 12.8. The van der Waals surface area contributed by atoms with Crippen molar-refractivity contribution in [3.8, 4) is 0 Å². The number of halogens is 7. The molecule has 3 unspecified atom stereocenters. The fourth-order valence-electron chi connectivity index (χ4n) is 0.858. The van der Waals surface area contributed by atoms with Gasteiger partial charge >= 0.3 is 0 Å². The third-order valence-electron chi connectivity index (χ3n) is 1.80. The second-order valence-electron chi connectivity index (χ2n) is 3.50. The summed E-state index contributed by atoms with van der Waals surface area (Å²) in [4.78, 5) is 0. The molecule has 7 heteroatoms. The van der Waals surface area contributed by atoms with Gasteiger partial charge in [0, 0.05) is 0 Å². The Kier molecular flexibility index (Phi) is 6.26. The Hall–Kier alpha value is -1.01. The molecule has 100 valence electrons. The van der Waals surface area contributed by atoms with Crippen LogP contribution in [0.1, 0.15) is 13.8 Å². The molecular formula is C10H11F7. The van der Waals surface area contributed by atoms with E-state index in [2.05, 4.69) is 0 Å². The minimum Gasteiger partial charge on any atom is -0.240 e. The Balaban J connectivity index is 4.80. The van der Waals surface area contributed by atoms with Crippen LogP contribution in [0.25, 0.3) is 0 Å². The number of rotatable bonds is 5. The van der Waals surface area contributed by atoms with Crippen molar-refractivity contribution >= 4 is 0 Å². The molecule has 0 radical (unpaired) electrons. The molecular weight excluding hydrogens is 253 g/mol. The van der Waals surface area contributed by atoms with E-state index in [-0.39, 0.29) is 11.6 Å². The highest BCUT2D eigenvalue weighted by molar-refractivity contribution is 5.24. The second kappa shape index (κ2) is 6.66. The Morgan fingerprint density at radius 3 is 1.71 bits per heavy atom. The molecule has 0 bridgehead atoms. The first-order valence-electron chi connectivity index (χ1n) is 4.59. The molecule has 0 aromatic heterocycles. The molecule has 0 saturated heterocycles. The maximum Gasteiger partial charge on any atom is 0.272 e. The molecule has 0 N–H and O–H groups in total. The number of hydrogen-bond acceptors (Lipinski definition) is 0. The van der Waals surface area contributed by atoms with Crippen LogP contribution in [0.4, 0.5) is 30.7 Å². The van der Waals surface area contributed by atoms with E-state index in [1.54, 1.807) is 0 Å². The molecule has 0 aliphatic heterocycles. The second-order valence-corrected chi connectivity index (χ2v) is 3.50. The highest BCUT2D eigenvalue weighted by atomic mass is 19.3. The van der Waals surface area contributed by atoms with E-state index in [1.165, 1.54) is 13.8 Å². The van der Waals surface area contributed by atoms with E-state index in [0.29, 0.717) is 0 Å². The largest absolute Gasteiger partial charge is 0.272 e. The standard InChI is InChI=1S/C10H11F7/c1-4(2)7(13)5(11)3-6(12)8(14)9(15)10(16)17/h3,6,8-10H,1-2H3. The minimum atomic E-state index is -3.73. The Bertz CT molecular complexity index is 304. The number of allylic oxidation sites excluding steroid dienone is 4. The van der Waals surface area contributed by atoms with E-state index < -0.39 is 36.6 Å². The molecule has 0 amide bonds. The summed E-state index contributed by atoms with van der Waals surface area (Å²) in [5.74, 6) is -3.19. The van der Waals surface area contributed by atoms with Gasteiger partial charge in [-0.2, -0.15) is 0 Å². The smallest absolute Gasteiger partial charge is 0.240 e. The molecule has 0 heterocycles. The zero-order valence-corrected chi connectivity index (χ0v) is 9.03. The zero-order valence-electron chi connectivity index (χ0n) is 9.03. The van der Waals surface area contributed by atoms with E-state index in [0.717, 1.165) is 0 Å². The number of alkyl halides is 5. The number of hydrogen-bond donors (Lipinski definition) is 0. The van der Waals surface area contributed by atoms with Gasteiger partial charge in [-0.05, 0) is 25.5 Å². The van der Waals surface area contributed by atoms with Gasteiger partial charge in [0.15, 0.2) is 30.2 Å². The summed E-state index contributed by atoms with van der Waals surface area (Å²) in [6.45, 7) is 2.33. The minimum absolute atomic E-state index is 0.146. The zero-order chi connectivity index (χ0) is 13.7. The quantitative estimate of drug-likeness (QED) is 0.510. The van der Waals surface area contributed by atoms with Crippen molar-refractivity contribution < 1.29 is 30.7 Å². The third-order valence-corrected chi connectivity index (χ3v) is 1.80. The van der Waals surface area contributed by atoms with Crippen LogP contribution in [0.2, 0.25) is 0 Å². The van der Waals surface area contributed by atoms with Crippen molar-refractivity contribution in [2.45, 2.75) is 38.8 Å². The summed E-state index contributed by atoms with van der Waals surface area (Å²) in [5.41, 5.74) is -0.146. The summed E-state index contributed by atoms with van der Waals surface area (Å²) in [6, 6.07) is 0. The fourth-order valence-corrected chi connectivity index (χ4v) is 0.858. The first kappa shape index (κ1) is 16.0. The van der Waals surface area contributed by atoms with Gasteiger partial charge in [-0.25, -0.2) is 30.7 Å². The Morgan fingerprint density at radius 2 is 1.35 bits per heavy atom. The van der Waals surface area contributed by atoms with Crippen LogP contribution in [0.15, 0.2) is 23.3 Å². The molecule has 0 aliphatic rings. The van der Waals surface area contributed by atoms with Gasteiger partial charge < -0.3 is 0 Å². The van der Waals surface area contributed by atoms with Crippen molar-refractivity contribution in [2.24, 2.45) is 0 Å². The summed E-state index contributed by atoms with van der Waals surface area (Å²) < 4.78 is 86.9. The molecule has 0 fully saturated rings. The van der Waals surface area contributed by atoms with Crippen molar-refractivity contribution in [3.05, 3.63) is 23.3 Å². The normalized spacial score (nSPS) is 17.9. The summed E-state index contributed by atoms with van der Waals surface area (Å²) in [6.07, 6.45) is -13.5. The van der Waals surface area contributed by atoms with E-state index in [4.69, 9.17) is 0 Å². The van der Waals surface area contributed by atoms with Crippen molar-refractivity contribution in [3.63, 3.8) is 0 Å². The molecule has 0 aliphatic carbocycles. The van der Waals surface area contributed by atoms with Gasteiger partial charge in [-0.1, -0.05) is 0 Å². The lowest BCUT2D eigenvalue weighted by Gasteiger charge is -2.14. The van der Waals surface area contributed by atoms with Crippen LogP contribution >= 0.6 is 0 Å². The fraction of sp³-hybridized carbons (Fsp3) is 0.600.